The SMILES string of the molecule is C#CC(C)(C)NC(=O)N[C@H](C(=O)O)c1ccccc1. The van der Waals surface area contributed by atoms with Gasteiger partial charge in [-0.3, -0.25) is 0 Å². The third-order valence-electron chi connectivity index (χ3n) is 2.44. The Morgan fingerprint density at radius 2 is 1.89 bits per heavy atom. The Morgan fingerprint density at radius 3 is 2.37 bits per heavy atom. The van der Waals surface area contributed by atoms with Gasteiger partial charge in [0.25, 0.3) is 0 Å². The Labute approximate surface area is 112 Å². The quantitative estimate of drug-likeness (QED) is 0.718. The van der Waals surface area contributed by atoms with Gasteiger partial charge in [0.05, 0.1) is 5.54 Å². The molecule has 2 amide bonds. The van der Waals surface area contributed by atoms with Crippen LogP contribution >= 0.6 is 0 Å². The predicted molar refractivity (Wildman–Crippen MR) is 71.4 cm³/mol. The molecule has 19 heavy (non-hydrogen) atoms. The van der Waals surface area contributed by atoms with Gasteiger partial charge in [0.15, 0.2) is 6.04 Å². The number of aliphatic carboxylic acids is 1. The number of benzene rings is 1. The highest BCUT2D eigenvalue weighted by Gasteiger charge is 2.24. The maximum absolute atomic E-state index is 11.7. The maximum Gasteiger partial charge on any atom is 0.330 e. The van der Waals surface area contributed by atoms with Crippen LogP contribution in [0, 0.1) is 12.3 Å². The van der Waals surface area contributed by atoms with E-state index in [0.29, 0.717) is 5.56 Å². The fourth-order valence-corrected chi connectivity index (χ4v) is 1.42. The number of carbonyl (C=O) groups excluding carboxylic acids is 1. The summed E-state index contributed by atoms with van der Waals surface area (Å²) in [5.41, 5.74) is -0.354. The number of hydrogen-bond acceptors (Lipinski definition) is 2. The lowest BCUT2D eigenvalue weighted by Gasteiger charge is -2.22. The summed E-state index contributed by atoms with van der Waals surface area (Å²) in [6.07, 6.45) is 5.25. The van der Waals surface area contributed by atoms with E-state index in [1.807, 2.05) is 0 Å². The van der Waals surface area contributed by atoms with Crippen LogP contribution in [0.1, 0.15) is 25.5 Å². The van der Waals surface area contributed by atoms with Gasteiger partial charge in [-0.05, 0) is 19.4 Å². The molecule has 0 fully saturated rings. The van der Waals surface area contributed by atoms with Crippen LogP contribution in [0.2, 0.25) is 0 Å². The Kier molecular flexibility index (Phi) is 4.54. The maximum atomic E-state index is 11.7. The molecular weight excluding hydrogens is 244 g/mol. The summed E-state index contributed by atoms with van der Waals surface area (Å²) in [7, 11) is 0. The zero-order valence-electron chi connectivity index (χ0n) is 10.8. The molecule has 1 atom stereocenters. The van der Waals surface area contributed by atoms with E-state index in [2.05, 4.69) is 16.6 Å². The first-order valence-corrected chi connectivity index (χ1v) is 5.70. The second kappa shape index (κ2) is 5.91. The lowest BCUT2D eigenvalue weighted by Crippen LogP contribution is -2.49. The molecule has 0 aliphatic rings. The van der Waals surface area contributed by atoms with Crippen LogP contribution in [0.25, 0.3) is 0 Å². The van der Waals surface area contributed by atoms with Crippen molar-refractivity contribution < 1.29 is 14.7 Å². The van der Waals surface area contributed by atoms with Crippen molar-refractivity contribution in [2.45, 2.75) is 25.4 Å². The highest BCUT2D eigenvalue weighted by atomic mass is 16.4. The number of carbonyl (C=O) groups is 2. The van der Waals surface area contributed by atoms with Gasteiger partial charge in [-0.1, -0.05) is 36.3 Å². The first-order valence-electron chi connectivity index (χ1n) is 5.70. The zero-order chi connectivity index (χ0) is 14.5. The summed E-state index contributed by atoms with van der Waals surface area (Å²) in [6.45, 7) is 3.29. The second-order valence-electron chi connectivity index (χ2n) is 4.55. The van der Waals surface area contributed by atoms with Crippen molar-refractivity contribution >= 4 is 12.0 Å². The van der Waals surface area contributed by atoms with Crippen molar-refractivity contribution in [3.63, 3.8) is 0 Å². The van der Waals surface area contributed by atoms with E-state index in [0.717, 1.165) is 0 Å². The van der Waals surface area contributed by atoms with Gasteiger partial charge in [-0.2, -0.15) is 0 Å². The molecule has 0 aliphatic carbocycles. The van der Waals surface area contributed by atoms with Crippen LogP contribution in [-0.4, -0.2) is 22.6 Å². The smallest absolute Gasteiger partial charge is 0.330 e. The number of urea groups is 1. The molecule has 5 heteroatoms. The molecule has 1 aromatic rings. The highest BCUT2D eigenvalue weighted by Crippen LogP contribution is 2.12. The fraction of sp³-hybridized carbons (Fsp3) is 0.286. The molecule has 0 bridgehead atoms. The number of rotatable bonds is 4. The summed E-state index contributed by atoms with van der Waals surface area (Å²) in [5, 5.41) is 14.0. The molecule has 0 saturated carbocycles. The van der Waals surface area contributed by atoms with Crippen LogP contribution in [-0.2, 0) is 4.79 Å². The summed E-state index contributed by atoms with van der Waals surface area (Å²) < 4.78 is 0. The minimum absolute atomic E-state index is 0.490. The van der Waals surface area contributed by atoms with E-state index in [1.165, 1.54) is 0 Å². The molecule has 0 saturated heterocycles. The number of amides is 2. The summed E-state index contributed by atoms with van der Waals surface area (Å²) in [6, 6.07) is 6.70. The van der Waals surface area contributed by atoms with Gasteiger partial charge in [0.2, 0.25) is 0 Å². The van der Waals surface area contributed by atoms with Crippen LogP contribution in [0.3, 0.4) is 0 Å². The van der Waals surface area contributed by atoms with E-state index in [9.17, 15) is 9.59 Å². The van der Waals surface area contributed by atoms with Gasteiger partial charge in [0.1, 0.15) is 0 Å². The minimum Gasteiger partial charge on any atom is -0.479 e. The molecule has 3 N–H and O–H groups in total. The van der Waals surface area contributed by atoms with Crippen molar-refractivity contribution in [1.29, 1.82) is 0 Å². The Hall–Kier alpha value is -2.48. The first kappa shape index (κ1) is 14.6. The molecule has 1 rings (SSSR count). The first-order chi connectivity index (χ1) is 8.85. The molecule has 0 aliphatic heterocycles. The lowest BCUT2D eigenvalue weighted by atomic mass is 10.1. The van der Waals surface area contributed by atoms with Crippen LogP contribution in [0.4, 0.5) is 4.79 Å². The van der Waals surface area contributed by atoms with Gasteiger partial charge >= 0.3 is 12.0 Å². The van der Waals surface area contributed by atoms with E-state index in [4.69, 9.17) is 11.5 Å². The minimum atomic E-state index is -1.14. The average Bonchev–Trinajstić information content (AvgIpc) is 2.36. The Balaban J connectivity index is 2.79. The van der Waals surface area contributed by atoms with Gasteiger partial charge in [-0.15, -0.1) is 6.42 Å². The average molecular weight is 260 g/mol. The van der Waals surface area contributed by atoms with Gasteiger partial charge in [0, 0.05) is 0 Å². The van der Waals surface area contributed by atoms with Crippen molar-refractivity contribution in [3.8, 4) is 12.3 Å². The second-order valence-corrected chi connectivity index (χ2v) is 4.55. The Bertz CT molecular complexity index is 503. The lowest BCUT2D eigenvalue weighted by molar-refractivity contribution is -0.139. The van der Waals surface area contributed by atoms with Gasteiger partial charge < -0.3 is 15.7 Å². The number of hydrogen-bond donors (Lipinski definition) is 3. The molecule has 1 aromatic carbocycles. The van der Waals surface area contributed by atoms with E-state index >= 15 is 0 Å². The number of terminal acetylenes is 1. The molecule has 0 heterocycles. The van der Waals surface area contributed by atoms with Crippen molar-refractivity contribution in [1.82, 2.24) is 10.6 Å². The highest BCUT2D eigenvalue weighted by molar-refractivity contribution is 5.84. The third kappa shape index (κ3) is 4.36. The van der Waals surface area contributed by atoms with E-state index in [1.54, 1.807) is 44.2 Å². The zero-order valence-corrected chi connectivity index (χ0v) is 10.8. The summed E-state index contributed by atoms with van der Waals surface area (Å²) in [4.78, 5) is 22.9. The number of carboxylic acid groups (broad SMARTS) is 1. The summed E-state index contributed by atoms with van der Waals surface area (Å²) in [5.74, 6) is 1.26. The number of nitrogens with one attached hydrogen (secondary N) is 2. The fourth-order valence-electron chi connectivity index (χ4n) is 1.42. The third-order valence-corrected chi connectivity index (χ3v) is 2.44. The molecule has 0 spiro atoms. The van der Waals surface area contributed by atoms with E-state index in [-0.39, 0.29) is 0 Å². The van der Waals surface area contributed by atoms with E-state index < -0.39 is 23.6 Å². The molecule has 0 radical (unpaired) electrons. The largest absolute Gasteiger partial charge is 0.479 e. The van der Waals surface area contributed by atoms with Crippen molar-refractivity contribution in [2.75, 3.05) is 0 Å². The molecule has 0 unspecified atom stereocenters. The van der Waals surface area contributed by atoms with Crippen molar-refractivity contribution in [2.24, 2.45) is 0 Å². The molecule has 100 valence electrons. The van der Waals surface area contributed by atoms with Crippen LogP contribution in [0.5, 0.6) is 0 Å². The van der Waals surface area contributed by atoms with Crippen LogP contribution < -0.4 is 10.6 Å². The summed E-state index contributed by atoms with van der Waals surface area (Å²) >= 11 is 0. The molecule has 0 aromatic heterocycles. The van der Waals surface area contributed by atoms with Crippen molar-refractivity contribution in [3.05, 3.63) is 35.9 Å². The topological polar surface area (TPSA) is 78.4 Å². The van der Waals surface area contributed by atoms with Gasteiger partial charge in [-0.25, -0.2) is 9.59 Å². The number of carboxylic acids is 1. The normalized spacial score (nSPS) is 12.1. The molecule has 5 nitrogen and oxygen atoms in total. The van der Waals surface area contributed by atoms with Crippen LogP contribution in [0.15, 0.2) is 30.3 Å². The standard InChI is InChI=1S/C14H16N2O3/c1-4-14(2,3)16-13(19)15-11(12(17)18)10-8-6-5-7-9-10/h1,5-9,11H,2-3H3,(H,17,18)(H2,15,16,19)/t11-/m0/s1. The molecular formula is C14H16N2O3. The predicted octanol–water partition coefficient (Wildman–Crippen LogP) is 1.52. The Morgan fingerprint density at radius 1 is 1.32 bits per heavy atom. The monoisotopic (exact) mass is 260 g/mol.